The summed E-state index contributed by atoms with van der Waals surface area (Å²) in [6.07, 6.45) is 2.41. The Kier molecular flexibility index (Phi) is 2.31. The molecule has 5 heteroatoms. The topological polar surface area (TPSA) is 52.8 Å². The minimum absolute atomic E-state index is 0.549. The second-order valence-corrected chi connectivity index (χ2v) is 4.24. The summed E-state index contributed by atoms with van der Waals surface area (Å²) in [5.74, 6) is 2.39. The van der Waals surface area contributed by atoms with Gasteiger partial charge in [0.05, 0.1) is 7.11 Å². The fraction of sp³-hybridized carbons (Fsp3) is 0.417. The lowest BCUT2D eigenvalue weighted by Gasteiger charge is -2.06. The maximum Gasteiger partial charge on any atom is 0.213 e. The molecular formula is C12H14N4O. The summed E-state index contributed by atoms with van der Waals surface area (Å²) < 4.78 is 7.30. The van der Waals surface area contributed by atoms with E-state index in [2.05, 4.69) is 19.7 Å². The van der Waals surface area contributed by atoms with Gasteiger partial charge in [-0.25, -0.2) is 4.98 Å². The van der Waals surface area contributed by atoms with Crippen LogP contribution in [0.1, 0.15) is 24.7 Å². The lowest BCUT2D eigenvalue weighted by molar-refractivity contribution is 0.398. The number of ether oxygens (including phenoxy) is 1. The molecule has 0 spiro atoms. The van der Waals surface area contributed by atoms with Crippen LogP contribution in [0.4, 0.5) is 0 Å². The zero-order chi connectivity index (χ0) is 11.8. The van der Waals surface area contributed by atoms with Crippen LogP contribution < -0.4 is 4.74 Å². The lowest BCUT2D eigenvalue weighted by Crippen LogP contribution is -2.01. The van der Waals surface area contributed by atoms with Crippen molar-refractivity contribution in [1.29, 1.82) is 0 Å². The summed E-state index contributed by atoms with van der Waals surface area (Å²) in [6.45, 7) is 1.98. The quantitative estimate of drug-likeness (QED) is 0.809. The van der Waals surface area contributed by atoms with Gasteiger partial charge in [0.2, 0.25) is 5.88 Å². The molecule has 88 valence electrons. The molecular weight excluding hydrogens is 216 g/mol. The summed E-state index contributed by atoms with van der Waals surface area (Å²) in [5, 5.41) is 8.36. The summed E-state index contributed by atoms with van der Waals surface area (Å²) in [6, 6.07) is 6.23. The second kappa shape index (κ2) is 3.84. The van der Waals surface area contributed by atoms with Crippen LogP contribution in [-0.4, -0.2) is 26.9 Å². The van der Waals surface area contributed by atoms with Gasteiger partial charge in [-0.15, -0.1) is 10.2 Å². The van der Waals surface area contributed by atoms with Crippen molar-refractivity contribution in [3.05, 3.63) is 24.0 Å². The third-order valence-corrected chi connectivity index (χ3v) is 2.94. The van der Waals surface area contributed by atoms with E-state index in [-0.39, 0.29) is 0 Å². The van der Waals surface area contributed by atoms with Crippen LogP contribution in [0.15, 0.2) is 18.2 Å². The van der Waals surface area contributed by atoms with Crippen LogP contribution in [0, 0.1) is 6.92 Å². The first-order valence-electron chi connectivity index (χ1n) is 5.72. The maximum atomic E-state index is 5.13. The van der Waals surface area contributed by atoms with E-state index in [1.54, 1.807) is 7.11 Å². The van der Waals surface area contributed by atoms with Gasteiger partial charge in [-0.05, 0) is 25.8 Å². The predicted molar refractivity (Wildman–Crippen MR) is 62.8 cm³/mol. The number of rotatable bonds is 3. The molecule has 0 unspecified atom stereocenters. The smallest absolute Gasteiger partial charge is 0.213 e. The van der Waals surface area contributed by atoms with Gasteiger partial charge in [0.25, 0.3) is 0 Å². The molecule has 1 aliphatic carbocycles. The molecule has 17 heavy (non-hydrogen) atoms. The molecule has 0 saturated heterocycles. The second-order valence-electron chi connectivity index (χ2n) is 4.24. The normalized spacial score (nSPS) is 14.9. The Hall–Kier alpha value is -1.91. The predicted octanol–water partition coefficient (Wildman–Crippen LogP) is 1.99. The number of hydrogen-bond acceptors (Lipinski definition) is 4. The largest absolute Gasteiger partial charge is 0.481 e. The third kappa shape index (κ3) is 1.77. The molecule has 2 aromatic heterocycles. The summed E-state index contributed by atoms with van der Waals surface area (Å²) >= 11 is 0. The van der Waals surface area contributed by atoms with Gasteiger partial charge in [0.15, 0.2) is 5.82 Å². The summed E-state index contributed by atoms with van der Waals surface area (Å²) in [7, 11) is 1.61. The van der Waals surface area contributed by atoms with Crippen molar-refractivity contribution in [2.45, 2.75) is 25.8 Å². The van der Waals surface area contributed by atoms with Crippen LogP contribution in [0.3, 0.4) is 0 Å². The fourth-order valence-electron chi connectivity index (χ4n) is 1.97. The molecule has 1 fully saturated rings. The first kappa shape index (κ1) is 10.3. The Labute approximate surface area is 99.5 Å². The van der Waals surface area contributed by atoms with E-state index in [1.165, 1.54) is 12.8 Å². The highest BCUT2D eigenvalue weighted by Crippen LogP contribution is 2.38. The van der Waals surface area contributed by atoms with Crippen LogP contribution in [-0.2, 0) is 0 Å². The van der Waals surface area contributed by atoms with Gasteiger partial charge in [-0.1, -0.05) is 6.07 Å². The van der Waals surface area contributed by atoms with Crippen LogP contribution >= 0.6 is 0 Å². The fourth-order valence-corrected chi connectivity index (χ4v) is 1.97. The zero-order valence-electron chi connectivity index (χ0n) is 9.92. The van der Waals surface area contributed by atoms with Crippen LogP contribution in [0.25, 0.3) is 11.5 Å². The van der Waals surface area contributed by atoms with Gasteiger partial charge in [0, 0.05) is 12.1 Å². The maximum absolute atomic E-state index is 5.13. The van der Waals surface area contributed by atoms with E-state index in [0.29, 0.717) is 11.9 Å². The van der Waals surface area contributed by atoms with Gasteiger partial charge in [-0.2, -0.15) is 0 Å². The summed E-state index contributed by atoms with van der Waals surface area (Å²) in [5.41, 5.74) is 0.817. The van der Waals surface area contributed by atoms with Crippen molar-refractivity contribution in [1.82, 2.24) is 19.7 Å². The Morgan fingerprint density at radius 1 is 1.29 bits per heavy atom. The molecule has 0 aliphatic heterocycles. The molecule has 0 aromatic carbocycles. The Balaban J connectivity index is 2.08. The highest BCUT2D eigenvalue weighted by Gasteiger charge is 2.29. The van der Waals surface area contributed by atoms with Crippen molar-refractivity contribution >= 4 is 0 Å². The molecule has 0 bridgehead atoms. The number of nitrogens with zero attached hydrogens (tertiary/aromatic N) is 4. The molecule has 0 atom stereocenters. The molecule has 0 N–H and O–H groups in total. The minimum atomic E-state index is 0.549. The molecule has 2 heterocycles. The SMILES string of the molecule is COc1cccc(-c2nnc(C)n2C2CC2)n1. The Bertz CT molecular complexity index is 545. The molecule has 2 aromatic rings. The van der Waals surface area contributed by atoms with E-state index in [0.717, 1.165) is 17.3 Å². The Morgan fingerprint density at radius 3 is 2.82 bits per heavy atom. The number of pyridine rings is 1. The molecule has 0 radical (unpaired) electrons. The Morgan fingerprint density at radius 2 is 2.12 bits per heavy atom. The van der Waals surface area contributed by atoms with Gasteiger partial charge < -0.3 is 9.30 Å². The number of aromatic nitrogens is 4. The minimum Gasteiger partial charge on any atom is -0.481 e. The van der Waals surface area contributed by atoms with Gasteiger partial charge >= 0.3 is 0 Å². The van der Waals surface area contributed by atoms with E-state index >= 15 is 0 Å². The highest BCUT2D eigenvalue weighted by molar-refractivity contribution is 5.51. The average molecular weight is 230 g/mol. The van der Waals surface area contributed by atoms with Crippen molar-refractivity contribution < 1.29 is 4.74 Å². The van der Waals surface area contributed by atoms with Crippen molar-refractivity contribution in [2.75, 3.05) is 7.11 Å². The van der Waals surface area contributed by atoms with Crippen LogP contribution in [0.5, 0.6) is 5.88 Å². The van der Waals surface area contributed by atoms with Gasteiger partial charge in [0.1, 0.15) is 11.5 Å². The van der Waals surface area contributed by atoms with E-state index < -0.39 is 0 Å². The monoisotopic (exact) mass is 230 g/mol. The van der Waals surface area contributed by atoms with E-state index in [4.69, 9.17) is 4.74 Å². The van der Waals surface area contributed by atoms with E-state index in [1.807, 2.05) is 25.1 Å². The number of aryl methyl sites for hydroxylation is 1. The lowest BCUT2D eigenvalue weighted by atomic mass is 10.3. The van der Waals surface area contributed by atoms with Crippen LogP contribution in [0.2, 0.25) is 0 Å². The standard InChI is InChI=1S/C12H14N4O/c1-8-14-15-12(16(8)9-6-7-9)10-4-3-5-11(13-10)17-2/h3-5,9H,6-7H2,1-2H3. The van der Waals surface area contributed by atoms with Crippen molar-refractivity contribution in [3.63, 3.8) is 0 Å². The van der Waals surface area contributed by atoms with Crippen molar-refractivity contribution in [2.24, 2.45) is 0 Å². The average Bonchev–Trinajstić information content (AvgIpc) is 3.12. The third-order valence-electron chi connectivity index (χ3n) is 2.94. The molecule has 1 aliphatic rings. The van der Waals surface area contributed by atoms with Crippen molar-refractivity contribution in [3.8, 4) is 17.4 Å². The highest BCUT2D eigenvalue weighted by atomic mass is 16.5. The summed E-state index contributed by atoms with van der Waals surface area (Å²) in [4.78, 5) is 4.40. The molecule has 1 saturated carbocycles. The molecule has 0 amide bonds. The van der Waals surface area contributed by atoms with E-state index in [9.17, 15) is 0 Å². The zero-order valence-corrected chi connectivity index (χ0v) is 9.92. The number of methoxy groups -OCH3 is 1. The number of hydrogen-bond donors (Lipinski definition) is 0. The molecule has 3 rings (SSSR count). The van der Waals surface area contributed by atoms with Gasteiger partial charge in [-0.3, -0.25) is 0 Å². The first-order chi connectivity index (χ1) is 8.29. The first-order valence-corrected chi connectivity index (χ1v) is 5.72. The molecule has 5 nitrogen and oxygen atoms in total.